The van der Waals surface area contributed by atoms with Gasteiger partial charge >= 0.3 is 12.2 Å². The highest BCUT2D eigenvalue weighted by atomic mass is 35.5. The Morgan fingerprint density at radius 2 is 2.00 bits per heavy atom. The Morgan fingerprint density at radius 3 is 2.56 bits per heavy atom. The van der Waals surface area contributed by atoms with E-state index in [1.54, 1.807) is 0 Å². The highest BCUT2D eigenvalue weighted by molar-refractivity contribution is 7.15. The molecule has 0 spiro atoms. The summed E-state index contributed by atoms with van der Waals surface area (Å²) in [5, 5.41) is -1.15. The number of hydrogen-bond acceptors (Lipinski definition) is 6. The van der Waals surface area contributed by atoms with E-state index in [-0.39, 0.29) is 22.0 Å². The molecule has 96 valence electrons. The number of methoxy groups -OCH3 is 1. The highest BCUT2D eigenvalue weighted by Gasteiger charge is 2.35. The third-order valence-electron chi connectivity index (χ3n) is 1.74. The Morgan fingerprint density at radius 1 is 1.28 bits per heavy atom. The highest BCUT2D eigenvalue weighted by Crippen LogP contribution is 2.35. The lowest BCUT2D eigenvalue weighted by Crippen LogP contribution is -2.02. The average Bonchev–Trinajstić information content (AvgIpc) is 2.77. The van der Waals surface area contributed by atoms with Gasteiger partial charge in [-0.25, -0.2) is 4.98 Å². The summed E-state index contributed by atoms with van der Waals surface area (Å²) >= 11 is 6.01. The van der Waals surface area contributed by atoms with Crippen LogP contribution < -0.4 is 4.74 Å². The zero-order valence-electron chi connectivity index (χ0n) is 8.69. The molecule has 0 aliphatic rings. The second kappa shape index (κ2) is 4.65. The molecule has 0 aliphatic heterocycles. The van der Waals surface area contributed by atoms with Gasteiger partial charge in [-0.15, -0.1) is 11.3 Å². The minimum atomic E-state index is -4.50. The Balaban J connectivity index is 2.43. The molecule has 0 N–H and O–H groups in total. The first kappa shape index (κ1) is 13.0. The first-order chi connectivity index (χ1) is 8.40. The van der Waals surface area contributed by atoms with E-state index in [9.17, 15) is 13.2 Å². The number of ether oxygens (including phenoxy) is 1. The fourth-order valence-electron chi connectivity index (χ4n) is 1.04. The van der Waals surface area contributed by atoms with Crippen LogP contribution in [0, 0.1) is 0 Å². The monoisotopic (exact) mass is 296 g/mol. The van der Waals surface area contributed by atoms with Gasteiger partial charge in [-0.05, 0) is 11.6 Å². The van der Waals surface area contributed by atoms with Crippen LogP contribution in [0.4, 0.5) is 13.2 Å². The van der Waals surface area contributed by atoms with Gasteiger partial charge in [0.05, 0.1) is 12.0 Å². The second-order valence-electron chi connectivity index (χ2n) is 2.94. The van der Waals surface area contributed by atoms with Crippen molar-refractivity contribution in [1.82, 2.24) is 19.9 Å². The number of alkyl halides is 3. The van der Waals surface area contributed by atoms with E-state index in [1.165, 1.54) is 7.11 Å². The average molecular weight is 297 g/mol. The predicted octanol–water partition coefficient (Wildman–Crippen LogP) is 2.68. The topological polar surface area (TPSA) is 60.8 Å². The molecule has 0 aromatic carbocycles. The molecule has 0 bridgehead atoms. The number of nitrogens with zero attached hydrogens (tertiary/aromatic N) is 4. The standard InChI is InChI=1S/C8H4ClF3N4OS/c1-17-7-15-4(14-6(9)16-7)3-2-13-5(18-3)8(10,11)12/h2H,1H3. The molecule has 10 heteroatoms. The molecular weight excluding hydrogens is 293 g/mol. The molecule has 0 radical (unpaired) electrons. The number of halogens is 4. The van der Waals surface area contributed by atoms with Gasteiger partial charge in [0.2, 0.25) is 5.28 Å². The van der Waals surface area contributed by atoms with Crippen molar-refractivity contribution in [3.63, 3.8) is 0 Å². The third-order valence-corrected chi connectivity index (χ3v) is 2.95. The van der Waals surface area contributed by atoms with Gasteiger partial charge in [-0.1, -0.05) is 0 Å². The molecule has 5 nitrogen and oxygen atoms in total. The zero-order chi connectivity index (χ0) is 13.3. The van der Waals surface area contributed by atoms with E-state index in [1.807, 2.05) is 0 Å². The Bertz CT molecular complexity index is 574. The molecular formula is C8H4ClF3N4OS. The van der Waals surface area contributed by atoms with Crippen LogP contribution in [0.1, 0.15) is 5.01 Å². The summed E-state index contributed by atoms with van der Waals surface area (Å²) < 4.78 is 41.9. The zero-order valence-corrected chi connectivity index (χ0v) is 10.3. The Labute approximate surface area is 108 Å². The summed E-state index contributed by atoms with van der Waals surface area (Å²) in [5.41, 5.74) is 0. The van der Waals surface area contributed by atoms with E-state index in [0.717, 1.165) is 6.20 Å². The third kappa shape index (κ3) is 2.67. The normalized spacial score (nSPS) is 11.6. The first-order valence-electron chi connectivity index (χ1n) is 4.39. The molecule has 2 aromatic rings. The summed E-state index contributed by atoms with van der Waals surface area (Å²) in [5.74, 6) is -0.0140. The predicted molar refractivity (Wildman–Crippen MR) is 57.5 cm³/mol. The van der Waals surface area contributed by atoms with Crippen molar-refractivity contribution in [2.45, 2.75) is 6.18 Å². The number of aromatic nitrogens is 4. The van der Waals surface area contributed by atoms with Crippen LogP contribution in [-0.4, -0.2) is 27.0 Å². The maximum absolute atomic E-state index is 12.4. The minimum absolute atomic E-state index is 0.0140. The van der Waals surface area contributed by atoms with Gasteiger partial charge in [0.15, 0.2) is 10.8 Å². The van der Waals surface area contributed by atoms with Crippen LogP contribution in [0.15, 0.2) is 6.20 Å². The Hall–Kier alpha value is -1.48. The van der Waals surface area contributed by atoms with Crippen molar-refractivity contribution in [3.8, 4) is 16.7 Å². The van der Waals surface area contributed by atoms with Crippen LogP contribution >= 0.6 is 22.9 Å². The lowest BCUT2D eigenvalue weighted by Gasteiger charge is -2.00. The molecule has 0 aliphatic carbocycles. The fraction of sp³-hybridized carbons (Fsp3) is 0.250. The molecule has 0 atom stereocenters. The van der Waals surface area contributed by atoms with E-state index >= 15 is 0 Å². The van der Waals surface area contributed by atoms with Gasteiger partial charge in [0.25, 0.3) is 0 Å². The summed E-state index contributed by atoms with van der Waals surface area (Å²) in [6.07, 6.45) is -3.47. The van der Waals surface area contributed by atoms with Gasteiger partial charge in [-0.3, -0.25) is 0 Å². The summed E-state index contributed by atoms with van der Waals surface area (Å²) in [4.78, 5) is 14.5. The van der Waals surface area contributed by atoms with Crippen LogP contribution in [0.3, 0.4) is 0 Å². The molecule has 0 amide bonds. The van der Waals surface area contributed by atoms with Crippen molar-refractivity contribution in [2.24, 2.45) is 0 Å². The smallest absolute Gasteiger partial charge is 0.443 e. The maximum atomic E-state index is 12.4. The van der Waals surface area contributed by atoms with Crippen LogP contribution in [0.5, 0.6) is 6.01 Å². The summed E-state index contributed by atoms with van der Waals surface area (Å²) in [6.45, 7) is 0. The van der Waals surface area contributed by atoms with Crippen LogP contribution in [-0.2, 0) is 6.18 Å². The fourth-order valence-corrected chi connectivity index (χ4v) is 1.91. The molecule has 0 unspecified atom stereocenters. The van der Waals surface area contributed by atoms with Gasteiger partial charge in [-0.2, -0.15) is 28.1 Å². The molecule has 0 saturated heterocycles. The number of thiazole rings is 1. The van der Waals surface area contributed by atoms with Gasteiger partial charge in [0, 0.05) is 6.20 Å². The molecule has 0 fully saturated rings. The van der Waals surface area contributed by atoms with Gasteiger partial charge in [0.1, 0.15) is 0 Å². The quantitative estimate of drug-likeness (QED) is 0.852. The SMILES string of the molecule is COc1nc(Cl)nc(-c2cnc(C(F)(F)F)s2)n1. The van der Waals surface area contributed by atoms with E-state index in [0.29, 0.717) is 11.3 Å². The number of rotatable bonds is 2. The van der Waals surface area contributed by atoms with Crippen LogP contribution in [0.2, 0.25) is 5.28 Å². The van der Waals surface area contributed by atoms with E-state index in [4.69, 9.17) is 16.3 Å². The van der Waals surface area contributed by atoms with Gasteiger partial charge < -0.3 is 4.74 Å². The first-order valence-corrected chi connectivity index (χ1v) is 5.58. The van der Waals surface area contributed by atoms with Crippen LogP contribution in [0.25, 0.3) is 10.7 Å². The minimum Gasteiger partial charge on any atom is -0.467 e. The van der Waals surface area contributed by atoms with Crippen molar-refractivity contribution in [1.29, 1.82) is 0 Å². The van der Waals surface area contributed by atoms with E-state index in [2.05, 4.69) is 19.9 Å². The second-order valence-corrected chi connectivity index (χ2v) is 4.31. The number of hydrogen-bond donors (Lipinski definition) is 0. The molecule has 0 saturated carbocycles. The summed E-state index contributed by atoms with van der Waals surface area (Å²) in [7, 11) is 1.31. The van der Waals surface area contributed by atoms with Crippen molar-refractivity contribution in [3.05, 3.63) is 16.5 Å². The maximum Gasteiger partial charge on any atom is 0.443 e. The molecule has 2 rings (SSSR count). The lowest BCUT2D eigenvalue weighted by molar-refractivity contribution is -0.137. The van der Waals surface area contributed by atoms with Crippen molar-refractivity contribution < 1.29 is 17.9 Å². The molecule has 2 aromatic heterocycles. The largest absolute Gasteiger partial charge is 0.467 e. The van der Waals surface area contributed by atoms with Crippen molar-refractivity contribution in [2.75, 3.05) is 7.11 Å². The molecule has 18 heavy (non-hydrogen) atoms. The summed E-state index contributed by atoms with van der Waals surface area (Å²) in [6, 6.07) is -0.0769. The lowest BCUT2D eigenvalue weighted by atomic mass is 10.5. The Kier molecular flexibility index (Phi) is 3.35. The van der Waals surface area contributed by atoms with Crippen molar-refractivity contribution >= 4 is 22.9 Å². The molecule has 2 heterocycles. The van der Waals surface area contributed by atoms with E-state index < -0.39 is 11.2 Å².